The van der Waals surface area contributed by atoms with Crippen LogP contribution in [0.3, 0.4) is 0 Å². The lowest BCUT2D eigenvalue weighted by molar-refractivity contribution is -0.133. The summed E-state index contributed by atoms with van der Waals surface area (Å²) in [5.74, 6) is 0.283. The Hall–Kier alpha value is -3.56. The van der Waals surface area contributed by atoms with Crippen molar-refractivity contribution >= 4 is 17.7 Å². The molecular formula is C26H35N5O5. The van der Waals surface area contributed by atoms with E-state index >= 15 is 0 Å². The summed E-state index contributed by atoms with van der Waals surface area (Å²) in [5, 5.41) is 10.4. The fourth-order valence-electron chi connectivity index (χ4n) is 4.87. The molecule has 1 aliphatic heterocycles. The summed E-state index contributed by atoms with van der Waals surface area (Å²) in [7, 11) is 4.75. The maximum Gasteiger partial charge on any atom is 0.272 e. The fraction of sp³-hybridized carbons (Fsp3) is 0.538. The Balaban J connectivity index is 1.47. The van der Waals surface area contributed by atoms with Crippen LogP contribution in [0.25, 0.3) is 0 Å². The van der Waals surface area contributed by atoms with Gasteiger partial charge in [0.2, 0.25) is 5.91 Å². The lowest BCUT2D eigenvalue weighted by Crippen LogP contribution is -2.63. The van der Waals surface area contributed by atoms with Gasteiger partial charge in [-0.25, -0.2) is 0 Å². The Morgan fingerprint density at radius 2 is 1.83 bits per heavy atom. The zero-order valence-corrected chi connectivity index (χ0v) is 21.4. The van der Waals surface area contributed by atoms with Crippen molar-refractivity contribution in [1.29, 1.82) is 0 Å². The third-order valence-electron chi connectivity index (χ3n) is 7.35. The third-order valence-corrected chi connectivity index (χ3v) is 7.35. The first-order valence-corrected chi connectivity index (χ1v) is 12.4. The van der Waals surface area contributed by atoms with E-state index < -0.39 is 11.4 Å². The van der Waals surface area contributed by atoms with Gasteiger partial charge in [-0.05, 0) is 31.9 Å². The first kappa shape index (κ1) is 25.5. The molecule has 1 aliphatic carbocycles. The van der Waals surface area contributed by atoms with Gasteiger partial charge < -0.3 is 25.0 Å². The number of nitrogens with one attached hydrogen (secondary N) is 2. The van der Waals surface area contributed by atoms with Crippen LogP contribution in [0, 0.1) is 0 Å². The van der Waals surface area contributed by atoms with Gasteiger partial charge in [0, 0.05) is 37.3 Å². The van der Waals surface area contributed by atoms with Crippen LogP contribution >= 0.6 is 0 Å². The molecule has 0 bridgehead atoms. The predicted octanol–water partition coefficient (Wildman–Crippen LogP) is 2.51. The van der Waals surface area contributed by atoms with Gasteiger partial charge in [0.1, 0.15) is 22.7 Å². The van der Waals surface area contributed by atoms with Gasteiger partial charge >= 0.3 is 0 Å². The number of ether oxygens (including phenoxy) is 2. The van der Waals surface area contributed by atoms with Crippen LogP contribution in [0.2, 0.25) is 0 Å². The smallest absolute Gasteiger partial charge is 0.272 e. The van der Waals surface area contributed by atoms with Crippen LogP contribution in [0.5, 0.6) is 11.5 Å². The van der Waals surface area contributed by atoms with E-state index in [0.29, 0.717) is 11.5 Å². The highest BCUT2D eigenvalue weighted by Crippen LogP contribution is 2.28. The Morgan fingerprint density at radius 1 is 1.11 bits per heavy atom. The molecule has 1 aromatic heterocycles. The summed E-state index contributed by atoms with van der Waals surface area (Å²) in [5.41, 5.74) is 0.0679. The predicted molar refractivity (Wildman–Crippen MR) is 133 cm³/mol. The molecule has 36 heavy (non-hydrogen) atoms. The molecule has 2 heterocycles. The van der Waals surface area contributed by atoms with E-state index in [1.807, 2.05) is 6.07 Å². The van der Waals surface area contributed by atoms with E-state index in [-0.39, 0.29) is 42.3 Å². The molecule has 0 unspecified atom stereocenters. The summed E-state index contributed by atoms with van der Waals surface area (Å²) in [6, 6.07) is 6.94. The average Bonchev–Trinajstić information content (AvgIpc) is 3.14. The van der Waals surface area contributed by atoms with Crippen molar-refractivity contribution < 1.29 is 23.9 Å². The summed E-state index contributed by atoms with van der Waals surface area (Å²) < 4.78 is 12.1. The number of hydrogen-bond acceptors (Lipinski definition) is 6. The number of nitrogens with zero attached hydrogens (tertiary/aromatic N) is 3. The van der Waals surface area contributed by atoms with Crippen molar-refractivity contribution in [2.75, 3.05) is 21.3 Å². The fourth-order valence-corrected chi connectivity index (χ4v) is 4.87. The van der Waals surface area contributed by atoms with Crippen molar-refractivity contribution in [3.05, 3.63) is 41.2 Å². The van der Waals surface area contributed by atoms with Gasteiger partial charge in [-0.15, -0.1) is 0 Å². The topological polar surface area (TPSA) is 115 Å². The quantitative estimate of drug-likeness (QED) is 0.568. The molecule has 1 saturated carbocycles. The van der Waals surface area contributed by atoms with E-state index in [2.05, 4.69) is 15.7 Å². The zero-order valence-electron chi connectivity index (χ0n) is 21.4. The Kier molecular flexibility index (Phi) is 7.51. The number of benzene rings is 1. The minimum absolute atomic E-state index is 0.118. The molecule has 1 fully saturated rings. The van der Waals surface area contributed by atoms with E-state index in [9.17, 15) is 14.4 Å². The number of amides is 3. The standard InChI is InChI=1S/C26H35N5O5/c1-26(25(34)28-18-9-7-5-6-8-10-18)16-31-21(24(33)30(26)2)14-20(29-31)23(32)27-15-17-11-12-19(35-3)13-22(17)36-4/h11-14,18H,5-10,15-16H2,1-4H3,(H,27,32)(H,28,34)/t26-/m0/s1. The van der Waals surface area contributed by atoms with Crippen LogP contribution < -0.4 is 20.1 Å². The van der Waals surface area contributed by atoms with Crippen molar-refractivity contribution in [2.45, 2.75) is 70.1 Å². The van der Waals surface area contributed by atoms with Gasteiger partial charge in [-0.2, -0.15) is 5.10 Å². The molecular weight excluding hydrogens is 462 g/mol. The second kappa shape index (κ2) is 10.6. The summed E-state index contributed by atoms with van der Waals surface area (Å²) in [6.07, 6.45) is 6.48. The molecule has 3 amide bonds. The van der Waals surface area contributed by atoms with Crippen LogP contribution in [0.15, 0.2) is 24.3 Å². The van der Waals surface area contributed by atoms with E-state index in [1.165, 1.54) is 28.5 Å². The molecule has 0 spiro atoms. The molecule has 4 rings (SSSR count). The molecule has 0 radical (unpaired) electrons. The lowest BCUT2D eigenvalue weighted by Gasteiger charge is -2.41. The van der Waals surface area contributed by atoms with Gasteiger partial charge in [0.15, 0.2) is 5.69 Å². The van der Waals surface area contributed by atoms with Crippen molar-refractivity contribution in [3.8, 4) is 11.5 Å². The highest BCUT2D eigenvalue weighted by molar-refractivity contribution is 6.01. The summed E-state index contributed by atoms with van der Waals surface area (Å²) in [4.78, 5) is 40.8. The number of hydrogen-bond donors (Lipinski definition) is 2. The molecule has 194 valence electrons. The maximum absolute atomic E-state index is 13.3. The zero-order chi connectivity index (χ0) is 25.9. The van der Waals surface area contributed by atoms with Crippen LogP contribution in [0.4, 0.5) is 0 Å². The van der Waals surface area contributed by atoms with E-state index in [4.69, 9.17) is 9.47 Å². The Bertz CT molecular complexity index is 1140. The summed E-state index contributed by atoms with van der Waals surface area (Å²) in [6.45, 7) is 2.13. The van der Waals surface area contributed by atoms with Gasteiger partial charge in [-0.3, -0.25) is 19.1 Å². The van der Waals surface area contributed by atoms with Crippen LogP contribution in [0.1, 0.15) is 72.0 Å². The van der Waals surface area contributed by atoms with Crippen molar-refractivity contribution in [3.63, 3.8) is 0 Å². The molecule has 2 N–H and O–H groups in total. The molecule has 0 saturated heterocycles. The first-order valence-electron chi connectivity index (χ1n) is 12.4. The number of aromatic nitrogens is 2. The lowest BCUT2D eigenvalue weighted by atomic mass is 9.95. The van der Waals surface area contributed by atoms with E-state index in [1.54, 1.807) is 40.3 Å². The molecule has 2 aliphatic rings. The molecule has 1 aromatic carbocycles. The van der Waals surface area contributed by atoms with Crippen LogP contribution in [-0.2, 0) is 17.9 Å². The normalized spacial score (nSPS) is 20.3. The largest absolute Gasteiger partial charge is 0.497 e. The summed E-state index contributed by atoms with van der Waals surface area (Å²) >= 11 is 0. The maximum atomic E-state index is 13.3. The molecule has 2 aromatic rings. The minimum atomic E-state index is -1.10. The molecule has 10 nitrogen and oxygen atoms in total. The van der Waals surface area contributed by atoms with Crippen molar-refractivity contribution in [2.24, 2.45) is 0 Å². The third kappa shape index (κ3) is 5.03. The monoisotopic (exact) mass is 497 g/mol. The van der Waals surface area contributed by atoms with Gasteiger partial charge in [0.25, 0.3) is 11.8 Å². The van der Waals surface area contributed by atoms with Crippen molar-refractivity contribution in [1.82, 2.24) is 25.3 Å². The highest BCUT2D eigenvalue weighted by Gasteiger charge is 2.46. The number of carbonyl (C=O) groups excluding carboxylic acids is 3. The Morgan fingerprint density at radius 3 is 2.50 bits per heavy atom. The van der Waals surface area contributed by atoms with Gasteiger partial charge in [0.05, 0.1) is 20.8 Å². The number of carbonyl (C=O) groups is 3. The molecule has 1 atom stereocenters. The van der Waals surface area contributed by atoms with E-state index in [0.717, 1.165) is 31.2 Å². The second-order valence-electron chi connectivity index (χ2n) is 9.73. The first-order chi connectivity index (χ1) is 17.3. The van der Waals surface area contributed by atoms with Gasteiger partial charge in [-0.1, -0.05) is 25.7 Å². The number of rotatable bonds is 7. The Labute approximate surface area is 211 Å². The molecule has 10 heteroatoms. The SMILES string of the molecule is COc1ccc(CNC(=O)c2cc3n(n2)C[C@@](C)(C(=O)NC2CCCCCC2)N(C)C3=O)c(OC)c1. The van der Waals surface area contributed by atoms with Crippen LogP contribution in [-0.4, -0.2) is 65.2 Å². The minimum Gasteiger partial charge on any atom is -0.497 e. The number of methoxy groups -OCH3 is 2. The average molecular weight is 498 g/mol. The highest BCUT2D eigenvalue weighted by atomic mass is 16.5. The number of fused-ring (bicyclic) bond motifs is 1. The number of likely N-dealkylation sites (N-methyl/N-ethyl adjacent to an activating group) is 1. The second-order valence-corrected chi connectivity index (χ2v) is 9.73.